The zero-order valence-corrected chi connectivity index (χ0v) is 14.5. The van der Waals surface area contributed by atoms with Gasteiger partial charge in [0, 0.05) is 18.9 Å². The Balaban J connectivity index is 2.48. The lowest BCUT2D eigenvalue weighted by Crippen LogP contribution is -2.46. The number of rotatable bonds is 6. The lowest BCUT2D eigenvalue weighted by Gasteiger charge is -2.27. The highest BCUT2D eigenvalue weighted by atomic mass is 32.2. The summed E-state index contributed by atoms with van der Waals surface area (Å²) >= 11 is 0. The minimum Gasteiger partial charge on any atom is -0.289 e. The maximum absolute atomic E-state index is 13.5. The van der Waals surface area contributed by atoms with E-state index in [2.05, 4.69) is 4.98 Å². The molecule has 0 bridgehead atoms. The van der Waals surface area contributed by atoms with Crippen molar-refractivity contribution in [2.75, 3.05) is 0 Å². The average Bonchev–Trinajstić information content (AvgIpc) is 2.61. The van der Waals surface area contributed by atoms with E-state index in [1.54, 1.807) is 12.1 Å². The molecule has 0 spiro atoms. The first-order valence-corrected chi connectivity index (χ1v) is 8.82. The zero-order chi connectivity index (χ0) is 18.6. The number of pyridine rings is 1. The van der Waals surface area contributed by atoms with Gasteiger partial charge in [-0.05, 0) is 49.2 Å². The third-order valence-corrected chi connectivity index (χ3v) is 5.63. The first-order valence-electron chi connectivity index (χ1n) is 7.38. The van der Waals surface area contributed by atoms with Crippen LogP contribution in [0.4, 0.5) is 4.39 Å². The Bertz CT molecular complexity index is 859. The average molecular weight is 367 g/mol. The summed E-state index contributed by atoms with van der Waals surface area (Å²) in [7, 11) is -4.13. The Hall–Kier alpha value is -2.36. The van der Waals surface area contributed by atoms with E-state index in [9.17, 15) is 17.6 Å². The molecule has 0 fully saturated rings. The van der Waals surface area contributed by atoms with Gasteiger partial charge in [0.2, 0.25) is 10.0 Å². The summed E-state index contributed by atoms with van der Waals surface area (Å²) < 4.78 is 40.3. The molecule has 0 aliphatic heterocycles. The van der Waals surface area contributed by atoms with E-state index in [1.807, 2.05) is 0 Å². The number of aryl methyl sites for hydroxylation is 1. The topological polar surface area (TPSA) is 99.6 Å². The van der Waals surface area contributed by atoms with Crippen molar-refractivity contribution in [3.8, 4) is 0 Å². The molecule has 0 aliphatic rings. The summed E-state index contributed by atoms with van der Waals surface area (Å²) in [6.45, 7) is 2.65. The molecular formula is C16H18FN3O4S. The second-order valence-electron chi connectivity index (χ2n) is 5.47. The molecule has 9 heteroatoms. The molecule has 7 nitrogen and oxygen atoms in total. The number of aromatic nitrogens is 1. The van der Waals surface area contributed by atoms with Gasteiger partial charge >= 0.3 is 0 Å². The highest BCUT2D eigenvalue weighted by Crippen LogP contribution is 2.23. The van der Waals surface area contributed by atoms with Crippen LogP contribution in [0.2, 0.25) is 0 Å². The molecule has 134 valence electrons. The molecule has 0 aliphatic carbocycles. The Morgan fingerprint density at radius 1 is 1.40 bits per heavy atom. The van der Waals surface area contributed by atoms with Crippen molar-refractivity contribution in [3.05, 3.63) is 59.7 Å². The van der Waals surface area contributed by atoms with Crippen molar-refractivity contribution < 1.29 is 22.8 Å². The quantitative estimate of drug-likeness (QED) is 0.597. The van der Waals surface area contributed by atoms with Gasteiger partial charge < -0.3 is 0 Å². The third-order valence-electron chi connectivity index (χ3n) is 3.72. The standard InChI is InChI=1S/C16H18FN3O4S/c1-11-8-14(5-6-15(11)17)25(23,24)20(12(2)16(21)19-22)10-13-4-3-7-18-9-13/h3-9,12,22H,10H2,1-2H3,(H,19,21)/t12-/m1/s1. The number of halogens is 1. The van der Waals surface area contributed by atoms with Gasteiger partial charge in [-0.15, -0.1) is 0 Å². The molecule has 1 amide bonds. The second kappa shape index (κ2) is 7.68. The number of sulfonamides is 1. The van der Waals surface area contributed by atoms with Crippen molar-refractivity contribution in [1.82, 2.24) is 14.8 Å². The van der Waals surface area contributed by atoms with Crippen LogP contribution >= 0.6 is 0 Å². The van der Waals surface area contributed by atoms with Crippen LogP contribution in [0.5, 0.6) is 0 Å². The first-order chi connectivity index (χ1) is 11.8. The number of carbonyl (C=O) groups is 1. The number of carbonyl (C=O) groups excluding carboxylic acids is 1. The van der Waals surface area contributed by atoms with Crippen molar-refractivity contribution in [2.45, 2.75) is 31.3 Å². The Labute approximate surface area is 145 Å². The van der Waals surface area contributed by atoms with E-state index >= 15 is 0 Å². The first kappa shape index (κ1) is 19.0. The van der Waals surface area contributed by atoms with Crippen LogP contribution < -0.4 is 5.48 Å². The van der Waals surface area contributed by atoms with Crippen molar-refractivity contribution in [2.24, 2.45) is 0 Å². The Morgan fingerprint density at radius 3 is 2.68 bits per heavy atom. The second-order valence-corrected chi connectivity index (χ2v) is 7.37. The molecule has 0 saturated heterocycles. The van der Waals surface area contributed by atoms with E-state index in [4.69, 9.17) is 5.21 Å². The summed E-state index contributed by atoms with van der Waals surface area (Å²) in [5, 5.41) is 8.85. The lowest BCUT2D eigenvalue weighted by molar-refractivity contribution is -0.132. The van der Waals surface area contributed by atoms with Gasteiger partial charge in [-0.1, -0.05) is 6.07 Å². The summed E-state index contributed by atoms with van der Waals surface area (Å²) in [6.07, 6.45) is 3.01. The van der Waals surface area contributed by atoms with E-state index in [-0.39, 0.29) is 17.0 Å². The molecule has 0 unspecified atom stereocenters. The molecule has 25 heavy (non-hydrogen) atoms. The van der Waals surface area contributed by atoms with Gasteiger partial charge in [-0.2, -0.15) is 4.31 Å². The normalized spacial score (nSPS) is 12.8. The number of hydroxylamine groups is 1. The summed E-state index contributed by atoms with van der Waals surface area (Å²) in [5.74, 6) is -1.41. The molecule has 0 saturated carbocycles. The Morgan fingerprint density at radius 2 is 2.12 bits per heavy atom. The van der Waals surface area contributed by atoms with Crippen LogP contribution in [-0.2, 0) is 21.4 Å². The highest BCUT2D eigenvalue weighted by molar-refractivity contribution is 7.89. The number of nitrogens with one attached hydrogen (secondary N) is 1. The number of nitrogens with zero attached hydrogens (tertiary/aromatic N) is 2. The molecular weight excluding hydrogens is 349 g/mol. The van der Waals surface area contributed by atoms with Crippen LogP contribution in [0.1, 0.15) is 18.1 Å². The largest absolute Gasteiger partial charge is 0.289 e. The summed E-state index contributed by atoms with van der Waals surface area (Å²) in [6, 6.07) is 5.50. The molecule has 1 heterocycles. The predicted octanol–water partition coefficient (Wildman–Crippen LogP) is 1.61. The number of benzene rings is 1. The molecule has 2 aromatic rings. The predicted molar refractivity (Wildman–Crippen MR) is 87.5 cm³/mol. The number of hydrogen-bond acceptors (Lipinski definition) is 5. The van der Waals surface area contributed by atoms with Gasteiger partial charge in [0.15, 0.2) is 0 Å². The maximum atomic E-state index is 13.5. The minimum absolute atomic E-state index is 0.138. The van der Waals surface area contributed by atoms with Crippen LogP contribution in [0.15, 0.2) is 47.6 Å². The maximum Gasteiger partial charge on any atom is 0.261 e. The van der Waals surface area contributed by atoms with E-state index in [0.717, 1.165) is 16.4 Å². The Kier molecular flexibility index (Phi) is 5.83. The van der Waals surface area contributed by atoms with Crippen molar-refractivity contribution in [1.29, 1.82) is 0 Å². The van der Waals surface area contributed by atoms with Gasteiger partial charge in [0.1, 0.15) is 11.9 Å². The van der Waals surface area contributed by atoms with E-state index in [1.165, 1.54) is 37.8 Å². The summed E-state index contributed by atoms with van der Waals surface area (Å²) in [5.41, 5.74) is 2.18. The fourth-order valence-corrected chi connectivity index (χ4v) is 3.91. The highest BCUT2D eigenvalue weighted by Gasteiger charge is 2.33. The lowest BCUT2D eigenvalue weighted by atomic mass is 10.2. The smallest absolute Gasteiger partial charge is 0.261 e. The molecule has 0 radical (unpaired) electrons. The monoisotopic (exact) mass is 367 g/mol. The van der Waals surface area contributed by atoms with Gasteiger partial charge in [-0.3, -0.25) is 15.0 Å². The summed E-state index contributed by atoms with van der Waals surface area (Å²) in [4.78, 5) is 15.6. The van der Waals surface area contributed by atoms with Crippen LogP contribution in [0, 0.1) is 12.7 Å². The van der Waals surface area contributed by atoms with Gasteiger partial charge in [0.05, 0.1) is 4.90 Å². The fraction of sp³-hybridized carbons (Fsp3) is 0.250. The molecule has 1 aromatic carbocycles. The van der Waals surface area contributed by atoms with Gasteiger partial charge in [-0.25, -0.2) is 18.3 Å². The van der Waals surface area contributed by atoms with Crippen LogP contribution in [-0.4, -0.2) is 34.9 Å². The van der Waals surface area contributed by atoms with Crippen LogP contribution in [0.3, 0.4) is 0 Å². The minimum atomic E-state index is -4.13. The fourth-order valence-electron chi connectivity index (χ4n) is 2.24. The molecule has 2 N–H and O–H groups in total. The van der Waals surface area contributed by atoms with Gasteiger partial charge in [0.25, 0.3) is 5.91 Å². The molecule has 1 aromatic heterocycles. The van der Waals surface area contributed by atoms with E-state index in [0.29, 0.717) is 5.56 Å². The third kappa shape index (κ3) is 4.19. The molecule has 1 atom stereocenters. The zero-order valence-electron chi connectivity index (χ0n) is 13.7. The molecule has 2 rings (SSSR count). The van der Waals surface area contributed by atoms with Crippen molar-refractivity contribution in [3.63, 3.8) is 0 Å². The van der Waals surface area contributed by atoms with Crippen molar-refractivity contribution >= 4 is 15.9 Å². The SMILES string of the molecule is Cc1cc(S(=O)(=O)N(Cc2cccnc2)[C@H](C)C(=O)NO)ccc1F. The number of hydrogen-bond donors (Lipinski definition) is 2. The van der Waals surface area contributed by atoms with E-state index < -0.39 is 27.8 Å². The van der Waals surface area contributed by atoms with Crippen LogP contribution in [0.25, 0.3) is 0 Å². The number of amides is 1.